The molecule has 6 nitrogen and oxygen atoms in total. The second-order valence-corrected chi connectivity index (χ2v) is 8.02. The van der Waals surface area contributed by atoms with E-state index in [2.05, 4.69) is 4.98 Å². The lowest BCUT2D eigenvalue weighted by Crippen LogP contribution is -2.40. The summed E-state index contributed by atoms with van der Waals surface area (Å²) in [6.45, 7) is 4.75. The van der Waals surface area contributed by atoms with Crippen LogP contribution in [-0.2, 0) is 4.79 Å². The lowest BCUT2D eigenvalue weighted by molar-refractivity contribution is -0.125. The second kappa shape index (κ2) is 6.40. The molecule has 3 rings (SSSR count). The number of methoxy groups -OCH3 is 1. The molecule has 1 spiro atoms. The molecule has 1 aliphatic carbocycles. The highest BCUT2D eigenvalue weighted by molar-refractivity contribution is 6.32. The van der Waals surface area contributed by atoms with Gasteiger partial charge in [0.15, 0.2) is 5.78 Å². The molecule has 0 aromatic carbocycles. The van der Waals surface area contributed by atoms with Crippen molar-refractivity contribution in [2.45, 2.75) is 26.7 Å². The second-order valence-electron chi connectivity index (χ2n) is 7.61. The van der Waals surface area contributed by atoms with Crippen LogP contribution in [0.4, 0.5) is 0 Å². The summed E-state index contributed by atoms with van der Waals surface area (Å²) in [5, 5.41) is 9.60. The number of rotatable bonds is 2. The number of aromatic nitrogens is 1. The van der Waals surface area contributed by atoms with Crippen molar-refractivity contribution in [1.82, 2.24) is 9.88 Å². The SMILES string of the molecule is COc1ncc(C(=O)N2CC[C@@]3(C=C(C#N)C(=O)C(C)(C)C3)C2)cc1Cl. The lowest BCUT2D eigenvalue weighted by Gasteiger charge is -2.38. The van der Waals surface area contributed by atoms with Crippen LogP contribution in [-0.4, -0.2) is 41.8 Å². The number of likely N-dealkylation sites (tertiary alicyclic amines) is 1. The Hall–Kier alpha value is -2.39. The van der Waals surface area contributed by atoms with E-state index in [1.54, 1.807) is 17.0 Å². The van der Waals surface area contributed by atoms with Gasteiger partial charge in [0.25, 0.3) is 5.91 Å². The van der Waals surface area contributed by atoms with E-state index in [1.165, 1.54) is 13.3 Å². The van der Waals surface area contributed by atoms with Gasteiger partial charge in [0.05, 0.1) is 18.2 Å². The van der Waals surface area contributed by atoms with Crippen molar-refractivity contribution >= 4 is 23.3 Å². The highest BCUT2D eigenvalue weighted by atomic mass is 35.5. The molecule has 1 atom stereocenters. The van der Waals surface area contributed by atoms with Crippen molar-refractivity contribution in [3.63, 3.8) is 0 Å². The van der Waals surface area contributed by atoms with Gasteiger partial charge in [0.2, 0.25) is 5.88 Å². The highest BCUT2D eigenvalue weighted by Crippen LogP contribution is 2.48. The third kappa shape index (κ3) is 3.08. The van der Waals surface area contributed by atoms with Crippen molar-refractivity contribution < 1.29 is 14.3 Å². The van der Waals surface area contributed by atoms with Crippen LogP contribution >= 0.6 is 11.6 Å². The maximum absolute atomic E-state index is 12.8. The molecular formula is C19H20ClN3O3. The Labute approximate surface area is 157 Å². The number of Topliss-reactive ketones (excluding diaryl/α,β-unsaturated/α-hetero) is 1. The average molecular weight is 374 g/mol. The highest BCUT2D eigenvalue weighted by Gasteiger charge is 2.48. The van der Waals surface area contributed by atoms with Crippen molar-refractivity contribution in [2.24, 2.45) is 10.8 Å². The Balaban J connectivity index is 1.85. The summed E-state index contributed by atoms with van der Waals surface area (Å²) in [5.74, 6) is -0.0164. The number of carbonyl (C=O) groups excluding carboxylic acids is 2. The van der Waals surface area contributed by atoms with Gasteiger partial charge in [-0.15, -0.1) is 0 Å². The first-order chi connectivity index (χ1) is 12.2. The first-order valence-electron chi connectivity index (χ1n) is 8.38. The first kappa shape index (κ1) is 18.4. The number of amides is 1. The van der Waals surface area contributed by atoms with Crippen LogP contribution in [0.5, 0.6) is 5.88 Å². The third-order valence-electron chi connectivity index (χ3n) is 5.14. The van der Waals surface area contributed by atoms with Crippen LogP contribution < -0.4 is 4.74 Å². The molecule has 0 radical (unpaired) electrons. The number of carbonyl (C=O) groups is 2. The maximum Gasteiger partial charge on any atom is 0.255 e. The molecule has 0 unspecified atom stereocenters. The van der Waals surface area contributed by atoms with E-state index in [9.17, 15) is 14.9 Å². The van der Waals surface area contributed by atoms with Crippen molar-refractivity contribution in [2.75, 3.05) is 20.2 Å². The summed E-state index contributed by atoms with van der Waals surface area (Å²) in [4.78, 5) is 31.0. The fraction of sp³-hybridized carbons (Fsp3) is 0.474. The standard InChI is InChI=1S/C19H20ClN3O3/c1-18(2)10-19(7-13(8-21)15(18)24)4-5-23(11-19)17(25)12-6-14(20)16(26-3)22-9-12/h6-7,9H,4-5,10-11H2,1-3H3/t19-/m0/s1. The predicted molar refractivity (Wildman–Crippen MR) is 95.9 cm³/mol. The van der Waals surface area contributed by atoms with Gasteiger partial charge < -0.3 is 9.64 Å². The molecule has 0 saturated carbocycles. The smallest absolute Gasteiger partial charge is 0.255 e. The van der Waals surface area contributed by atoms with Gasteiger partial charge in [-0.3, -0.25) is 9.59 Å². The van der Waals surface area contributed by atoms with Crippen LogP contribution in [0.2, 0.25) is 5.02 Å². The quantitative estimate of drug-likeness (QED) is 0.795. The van der Waals surface area contributed by atoms with E-state index in [0.29, 0.717) is 25.1 Å². The molecule has 2 aliphatic rings. The van der Waals surface area contributed by atoms with Crippen molar-refractivity contribution in [1.29, 1.82) is 5.26 Å². The van der Waals surface area contributed by atoms with Gasteiger partial charge >= 0.3 is 0 Å². The third-order valence-corrected chi connectivity index (χ3v) is 5.42. The number of halogens is 1. The number of hydrogen-bond acceptors (Lipinski definition) is 5. The molecular weight excluding hydrogens is 354 g/mol. The van der Waals surface area contributed by atoms with Crippen LogP contribution in [0.25, 0.3) is 0 Å². The summed E-state index contributed by atoms with van der Waals surface area (Å²) in [7, 11) is 1.46. The van der Waals surface area contributed by atoms with Gasteiger partial charge in [-0.2, -0.15) is 5.26 Å². The van der Waals surface area contributed by atoms with Crippen LogP contribution in [0.3, 0.4) is 0 Å². The molecule has 1 aliphatic heterocycles. The number of nitrogens with zero attached hydrogens (tertiary/aromatic N) is 3. The Bertz CT molecular complexity index is 856. The summed E-state index contributed by atoms with van der Waals surface area (Å²) in [5.41, 5.74) is -0.362. The van der Waals surface area contributed by atoms with E-state index in [0.717, 1.165) is 6.42 Å². The Morgan fingerprint density at radius 1 is 1.46 bits per heavy atom. The number of pyridine rings is 1. The number of allylic oxidation sites excluding steroid dienone is 1. The fourth-order valence-electron chi connectivity index (χ4n) is 4.04. The monoisotopic (exact) mass is 373 g/mol. The molecule has 1 aromatic heterocycles. The largest absolute Gasteiger partial charge is 0.480 e. The number of ether oxygens (including phenoxy) is 1. The minimum atomic E-state index is -0.607. The van der Waals surface area contributed by atoms with E-state index in [1.807, 2.05) is 19.9 Å². The molecule has 1 aromatic rings. The summed E-state index contributed by atoms with van der Waals surface area (Å²) >= 11 is 6.07. The molecule has 1 saturated heterocycles. The zero-order chi connectivity index (χ0) is 19.1. The number of nitriles is 1. The molecule has 26 heavy (non-hydrogen) atoms. The lowest BCUT2D eigenvalue weighted by atomic mass is 9.64. The number of hydrogen-bond donors (Lipinski definition) is 0. The van der Waals surface area contributed by atoms with Crippen LogP contribution in [0.15, 0.2) is 23.9 Å². The first-order valence-corrected chi connectivity index (χ1v) is 8.76. The van der Waals surface area contributed by atoms with Gasteiger partial charge in [0, 0.05) is 30.1 Å². The zero-order valence-electron chi connectivity index (χ0n) is 15.0. The van der Waals surface area contributed by atoms with Gasteiger partial charge in [-0.05, 0) is 18.9 Å². The van der Waals surface area contributed by atoms with Gasteiger partial charge in [-0.25, -0.2) is 4.98 Å². The molecule has 7 heteroatoms. The van der Waals surface area contributed by atoms with E-state index in [4.69, 9.17) is 16.3 Å². The van der Waals surface area contributed by atoms with Crippen molar-refractivity contribution in [3.05, 3.63) is 34.5 Å². The summed E-state index contributed by atoms with van der Waals surface area (Å²) in [6, 6.07) is 3.57. The Morgan fingerprint density at radius 3 is 2.81 bits per heavy atom. The van der Waals surface area contributed by atoms with Crippen LogP contribution in [0.1, 0.15) is 37.0 Å². The Morgan fingerprint density at radius 2 is 2.19 bits per heavy atom. The number of ketones is 1. The van der Waals surface area contributed by atoms with E-state index >= 15 is 0 Å². The fourth-order valence-corrected chi connectivity index (χ4v) is 4.28. The molecule has 136 valence electrons. The Kier molecular flexibility index (Phi) is 4.53. The minimum absolute atomic E-state index is 0.124. The average Bonchev–Trinajstić information content (AvgIpc) is 3.00. The van der Waals surface area contributed by atoms with Gasteiger partial charge in [-0.1, -0.05) is 31.5 Å². The normalized spacial score (nSPS) is 24.3. The minimum Gasteiger partial charge on any atom is -0.480 e. The molecule has 0 N–H and O–H groups in total. The summed E-state index contributed by atoms with van der Waals surface area (Å²) < 4.78 is 5.01. The van der Waals surface area contributed by atoms with Gasteiger partial charge in [0.1, 0.15) is 11.1 Å². The van der Waals surface area contributed by atoms with E-state index in [-0.39, 0.29) is 33.6 Å². The summed E-state index contributed by atoms with van der Waals surface area (Å²) in [6.07, 6.45) is 4.56. The predicted octanol–water partition coefficient (Wildman–Crippen LogP) is 3.02. The molecule has 1 amide bonds. The van der Waals surface area contributed by atoms with Crippen molar-refractivity contribution in [3.8, 4) is 11.9 Å². The van der Waals surface area contributed by atoms with Crippen LogP contribution in [0, 0.1) is 22.2 Å². The zero-order valence-corrected chi connectivity index (χ0v) is 15.8. The molecule has 1 fully saturated rings. The topological polar surface area (TPSA) is 83.3 Å². The molecule has 0 bridgehead atoms. The van der Waals surface area contributed by atoms with E-state index < -0.39 is 5.41 Å². The maximum atomic E-state index is 12.8. The molecule has 2 heterocycles.